The molecule has 7 heteroatoms. The molecule has 0 spiro atoms. The molecule has 1 aliphatic rings. The van der Waals surface area contributed by atoms with Gasteiger partial charge < -0.3 is 19.4 Å². The monoisotopic (exact) mass is 398 g/mol. The molecule has 1 aromatic heterocycles. The Morgan fingerprint density at radius 1 is 1.10 bits per heavy atom. The number of amides is 2. The second kappa shape index (κ2) is 8.94. The van der Waals surface area contributed by atoms with E-state index < -0.39 is 18.0 Å². The van der Waals surface area contributed by atoms with Crippen molar-refractivity contribution in [3.05, 3.63) is 54.0 Å². The fourth-order valence-corrected chi connectivity index (χ4v) is 3.70. The Labute approximate surface area is 170 Å². The minimum atomic E-state index is -0.917. The maximum Gasteiger partial charge on any atom is 0.341 e. The van der Waals surface area contributed by atoms with Crippen molar-refractivity contribution in [1.82, 2.24) is 4.90 Å². The standard InChI is InChI=1S/C22H26N2O5/c1-14-8-6-9-15(2)24(14)21(26)16(3)29-22(27)17-10-4-5-11-18(17)23-20(25)19-12-7-13-28-19/h4-5,7,10-16H,6,8-9H2,1-3H3,(H,23,25)/t14-,15-,16-/m1/s1. The Kier molecular flexibility index (Phi) is 6.36. The topological polar surface area (TPSA) is 88.9 Å². The van der Waals surface area contributed by atoms with Gasteiger partial charge in [-0.3, -0.25) is 9.59 Å². The molecule has 1 aromatic carbocycles. The molecule has 154 valence electrons. The van der Waals surface area contributed by atoms with E-state index in [1.807, 2.05) is 18.7 Å². The SMILES string of the molecule is C[C@@H]1CCC[C@@H](C)N1C(=O)[C@@H](C)OC(=O)c1ccccc1NC(=O)c1ccco1. The van der Waals surface area contributed by atoms with E-state index in [0.717, 1.165) is 19.3 Å². The molecule has 2 heterocycles. The van der Waals surface area contributed by atoms with Crippen molar-refractivity contribution in [3.8, 4) is 0 Å². The third-order valence-electron chi connectivity index (χ3n) is 5.22. The summed E-state index contributed by atoms with van der Waals surface area (Å²) in [6.45, 7) is 5.61. The normalized spacial score (nSPS) is 20.0. The number of hydrogen-bond donors (Lipinski definition) is 1. The van der Waals surface area contributed by atoms with Gasteiger partial charge in [0.2, 0.25) is 0 Å². The molecule has 2 amide bonds. The molecule has 0 bridgehead atoms. The van der Waals surface area contributed by atoms with Gasteiger partial charge in [0.1, 0.15) is 0 Å². The quantitative estimate of drug-likeness (QED) is 0.773. The number of nitrogens with one attached hydrogen (secondary N) is 1. The highest BCUT2D eigenvalue weighted by Gasteiger charge is 2.33. The summed E-state index contributed by atoms with van der Waals surface area (Å²) < 4.78 is 10.5. The number of benzene rings is 1. The summed E-state index contributed by atoms with van der Waals surface area (Å²) in [5, 5.41) is 2.64. The van der Waals surface area contributed by atoms with Crippen LogP contribution in [0.5, 0.6) is 0 Å². The summed E-state index contributed by atoms with van der Waals surface area (Å²) in [6, 6.07) is 9.87. The Morgan fingerprint density at radius 3 is 2.45 bits per heavy atom. The number of piperidine rings is 1. The Hall–Kier alpha value is -3.09. The number of para-hydroxylation sites is 1. The molecule has 3 rings (SSSR count). The van der Waals surface area contributed by atoms with Crippen molar-refractivity contribution in [2.45, 2.75) is 58.2 Å². The Morgan fingerprint density at radius 2 is 1.79 bits per heavy atom. The van der Waals surface area contributed by atoms with Gasteiger partial charge in [0, 0.05) is 12.1 Å². The zero-order valence-electron chi connectivity index (χ0n) is 16.9. The van der Waals surface area contributed by atoms with Crippen molar-refractivity contribution in [3.63, 3.8) is 0 Å². The lowest BCUT2D eigenvalue weighted by Gasteiger charge is -2.40. The molecule has 1 aliphatic heterocycles. The van der Waals surface area contributed by atoms with E-state index in [4.69, 9.17) is 9.15 Å². The minimum Gasteiger partial charge on any atom is -0.459 e. The first-order chi connectivity index (χ1) is 13.9. The van der Waals surface area contributed by atoms with Crippen molar-refractivity contribution in [2.75, 3.05) is 5.32 Å². The van der Waals surface area contributed by atoms with E-state index in [9.17, 15) is 14.4 Å². The van der Waals surface area contributed by atoms with Crippen LogP contribution < -0.4 is 5.32 Å². The number of likely N-dealkylation sites (tertiary alicyclic amines) is 1. The zero-order valence-corrected chi connectivity index (χ0v) is 16.9. The van der Waals surface area contributed by atoms with E-state index in [0.29, 0.717) is 5.69 Å². The molecular formula is C22H26N2O5. The maximum atomic E-state index is 12.9. The predicted molar refractivity (Wildman–Crippen MR) is 108 cm³/mol. The Balaban J connectivity index is 1.70. The first-order valence-corrected chi connectivity index (χ1v) is 9.85. The first-order valence-electron chi connectivity index (χ1n) is 9.85. The molecule has 0 unspecified atom stereocenters. The van der Waals surface area contributed by atoms with Crippen molar-refractivity contribution >= 4 is 23.5 Å². The summed E-state index contributed by atoms with van der Waals surface area (Å²) in [7, 11) is 0. The highest BCUT2D eigenvalue weighted by Crippen LogP contribution is 2.24. The van der Waals surface area contributed by atoms with Gasteiger partial charge in [-0.1, -0.05) is 12.1 Å². The molecule has 0 radical (unpaired) electrons. The van der Waals surface area contributed by atoms with Gasteiger partial charge in [0.05, 0.1) is 17.5 Å². The van der Waals surface area contributed by atoms with Crippen LogP contribution in [0.25, 0.3) is 0 Å². The van der Waals surface area contributed by atoms with E-state index in [1.165, 1.54) is 12.3 Å². The first kappa shape index (κ1) is 20.6. The fourth-order valence-electron chi connectivity index (χ4n) is 3.70. The summed E-state index contributed by atoms with van der Waals surface area (Å²) in [5.74, 6) is -1.21. The highest BCUT2D eigenvalue weighted by atomic mass is 16.5. The van der Waals surface area contributed by atoms with Gasteiger partial charge in [0.15, 0.2) is 11.9 Å². The molecule has 1 saturated heterocycles. The van der Waals surface area contributed by atoms with E-state index in [1.54, 1.807) is 37.3 Å². The number of carbonyl (C=O) groups excluding carboxylic acids is 3. The number of anilines is 1. The van der Waals surface area contributed by atoms with Gasteiger partial charge in [-0.2, -0.15) is 0 Å². The van der Waals surface area contributed by atoms with Crippen molar-refractivity contribution in [1.29, 1.82) is 0 Å². The largest absolute Gasteiger partial charge is 0.459 e. The van der Waals surface area contributed by atoms with Crippen molar-refractivity contribution in [2.24, 2.45) is 0 Å². The molecule has 3 atom stereocenters. The fraction of sp³-hybridized carbons (Fsp3) is 0.409. The third-order valence-corrected chi connectivity index (χ3v) is 5.22. The number of hydrogen-bond acceptors (Lipinski definition) is 5. The molecule has 0 aliphatic carbocycles. The van der Waals surface area contributed by atoms with Gasteiger partial charge in [-0.15, -0.1) is 0 Å². The van der Waals surface area contributed by atoms with Crippen LogP contribution in [0.4, 0.5) is 5.69 Å². The van der Waals surface area contributed by atoms with Crippen LogP contribution in [0.15, 0.2) is 47.1 Å². The second-order valence-corrected chi connectivity index (χ2v) is 7.40. The summed E-state index contributed by atoms with van der Waals surface area (Å²) in [4.78, 5) is 39.6. The van der Waals surface area contributed by atoms with E-state index >= 15 is 0 Å². The van der Waals surface area contributed by atoms with Gasteiger partial charge in [0.25, 0.3) is 11.8 Å². The van der Waals surface area contributed by atoms with Crippen molar-refractivity contribution < 1.29 is 23.5 Å². The Bertz CT molecular complexity index is 867. The van der Waals surface area contributed by atoms with Crippen LogP contribution in [-0.2, 0) is 9.53 Å². The van der Waals surface area contributed by atoms with E-state index in [-0.39, 0.29) is 29.3 Å². The zero-order chi connectivity index (χ0) is 21.0. The summed E-state index contributed by atoms with van der Waals surface area (Å²) >= 11 is 0. The molecule has 1 fully saturated rings. The van der Waals surface area contributed by atoms with Crippen LogP contribution in [-0.4, -0.2) is 40.9 Å². The average Bonchev–Trinajstić information content (AvgIpc) is 3.23. The number of furan rings is 1. The number of ether oxygens (including phenoxy) is 1. The van der Waals surface area contributed by atoms with Gasteiger partial charge >= 0.3 is 5.97 Å². The number of carbonyl (C=O) groups is 3. The lowest BCUT2D eigenvalue weighted by molar-refractivity contribution is -0.146. The summed E-state index contributed by atoms with van der Waals surface area (Å²) in [5.41, 5.74) is 0.463. The minimum absolute atomic E-state index is 0.118. The molecule has 29 heavy (non-hydrogen) atoms. The van der Waals surface area contributed by atoms with Gasteiger partial charge in [-0.05, 0) is 64.3 Å². The van der Waals surface area contributed by atoms with Crippen LogP contribution >= 0.6 is 0 Å². The van der Waals surface area contributed by atoms with Crippen LogP contribution in [0.2, 0.25) is 0 Å². The second-order valence-electron chi connectivity index (χ2n) is 7.40. The predicted octanol–water partition coefficient (Wildman–Crippen LogP) is 3.87. The van der Waals surface area contributed by atoms with Crippen LogP contribution in [0.3, 0.4) is 0 Å². The lowest BCUT2D eigenvalue weighted by atomic mass is 9.97. The molecule has 7 nitrogen and oxygen atoms in total. The molecule has 0 saturated carbocycles. The summed E-state index contributed by atoms with van der Waals surface area (Å²) in [6.07, 6.45) is 3.45. The van der Waals surface area contributed by atoms with Crippen LogP contribution in [0, 0.1) is 0 Å². The molecular weight excluding hydrogens is 372 g/mol. The van der Waals surface area contributed by atoms with E-state index in [2.05, 4.69) is 5.32 Å². The van der Waals surface area contributed by atoms with Gasteiger partial charge in [-0.25, -0.2) is 4.79 Å². The third kappa shape index (κ3) is 4.67. The number of esters is 1. The lowest BCUT2D eigenvalue weighted by Crippen LogP contribution is -2.51. The molecule has 2 aromatic rings. The number of rotatable bonds is 5. The average molecular weight is 398 g/mol. The number of nitrogens with zero attached hydrogens (tertiary/aromatic N) is 1. The smallest absolute Gasteiger partial charge is 0.341 e. The maximum absolute atomic E-state index is 12.9. The molecule has 1 N–H and O–H groups in total. The highest BCUT2D eigenvalue weighted by molar-refractivity contribution is 6.07. The van der Waals surface area contributed by atoms with Crippen LogP contribution in [0.1, 0.15) is 60.9 Å².